The number of amidine groups is 1. The van der Waals surface area contributed by atoms with E-state index < -0.39 is 21.7 Å². The van der Waals surface area contributed by atoms with Crippen molar-refractivity contribution in [2.45, 2.75) is 5.03 Å². The predicted octanol–water partition coefficient (Wildman–Crippen LogP) is 0.634. The number of benzene rings is 1. The Balaban J connectivity index is 2.42. The fourth-order valence-corrected chi connectivity index (χ4v) is 2.41. The number of H-pyrrole nitrogens is 1. The van der Waals surface area contributed by atoms with Gasteiger partial charge in [0, 0.05) is 5.56 Å². The van der Waals surface area contributed by atoms with Crippen molar-refractivity contribution in [2.24, 2.45) is 5.73 Å². The Kier molecular flexibility index (Phi) is 3.21. The van der Waals surface area contributed by atoms with Crippen LogP contribution in [0.4, 0.5) is 10.1 Å². The molecule has 0 bridgehead atoms. The highest BCUT2D eigenvalue weighted by molar-refractivity contribution is 7.92. The van der Waals surface area contributed by atoms with Gasteiger partial charge in [-0.25, -0.2) is 4.39 Å². The van der Waals surface area contributed by atoms with Crippen LogP contribution in [0.1, 0.15) is 5.56 Å². The molecule has 0 aliphatic rings. The number of hydrogen-bond acceptors (Lipinski definition) is 4. The summed E-state index contributed by atoms with van der Waals surface area (Å²) in [7, 11) is -3.88. The van der Waals surface area contributed by atoms with Gasteiger partial charge in [0.1, 0.15) is 11.7 Å². The maximum atomic E-state index is 13.1. The van der Waals surface area contributed by atoms with E-state index in [1.165, 1.54) is 18.3 Å². The number of aromatic nitrogens is 2. The van der Waals surface area contributed by atoms with E-state index in [9.17, 15) is 12.8 Å². The summed E-state index contributed by atoms with van der Waals surface area (Å²) < 4.78 is 39.1. The monoisotopic (exact) mass is 283 g/mol. The first-order valence-electron chi connectivity index (χ1n) is 5.06. The fraction of sp³-hybridized carbons (Fsp3) is 0. The van der Waals surface area contributed by atoms with Gasteiger partial charge in [-0.15, -0.1) is 0 Å². The lowest BCUT2D eigenvalue weighted by Crippen LogP contribution is -2.19. The van der Waals surface area contributed by atoms with Crippen LogP contribution >= 0.6 is 0 Å². The van der Waals surface area contributed by atoms with Gasteiger partial charge in [0.25, 0.3) is 10.0 Å². The predicted molar refractivity (Wildman–Crippen MR) is 66.8 cm³/mol. The first-order valence-corrected chi connectivity index (χ1v) is 6.54. The van der Waals surface area contributed by atoms with Crippen LogP contribution in [0.5, 0.6) is 0 Å². The van der Waals surface area contributed by atoms with E-state index in [0.29, 0.717) is 0 Å². The molecule has 0 fully saturated rings. The van der Waals surface area contributed by atoms with Gasteiger partial charge in [0.15, 0.2) is 5.03 Å². The van der Waals surface area contributed by atoms with Gasteiger partial charge < -0.3 is 5.73 Å². The Morgan fingerprint density at radius 2 is 2.16 bits per heavy atom. The van der Waals surface area contributed by atoms with Crippen LogP contribution in [-0.4, -0.2) is 24.5 Å². The molecule has 0 aliphatic carbocycles. The second-order valence-corrected chi connectivity index (χ2v) is 5.28. The Morgan fingerprint density at radius 3 is 2.74 bits per heavy atom. The highest BCUT2D eigenvalue weighted by Crippen LogP contribution is 2.20. The highest BCUT2D eigenvalue weighted by Gasteiger charge is 2.18. The van der Waals surface area contributed by atoms with Crippen molar-refractivity contribution in [3.05, 3.63) is 41.8 Å². The molecule has 0 saturated carbocycles. The Morgan fingerprint density at radius 1 is 1.42 bits per heavy atom. The molecule has 0 amide bonds. The molecular formula is C10H10FN5O2S. The van der Waals surface area contributed by atoms with Crippen molar-refractivity contribution in [2.75, 3.05) is 4.72 Å². The molecule has 0 radical (unpaired) electrons. The van der Waals surface area contributed by atoms with Crippen molar-refractivity contribution in [1.29, 1.82) is 5.41 Å². The molecule has 1 aromatic heterocycles. The molecule has 1 aromatic carbocycles. The van der Waals surface area contributed by atoms with Crippen molar-refractivity contribution in [1.82, 2.24) is 10.2 Å². The maximum absolute atomic E-state index is 13.1. The molecule has 19 heavy (non-hydrogen) atoms. The van der Waals surface area contributed by atoms with Crippen LogP contribution in [-0.2, 0) is 10.0 Å². The largest absolute Gasteiger partial charge is 0.384 e. The smallest absolute Gasteiger partial charge is 0.278 e. The number of rotatable bonds is 4. The van der Waals surface area contributed by atoms with Gasteiger partial charge in [0.05, 0.1) is 11.9 Å². The molecule has 2 aromatic rings. The van der Waals surface area contributed by atoms with Crippen LogP contribution in [0.15, 0.2) is 35.5 Å². The zero-order chi connectivity index (χ0) is 14.0. The highest BCUT2D eigenvalue weighted by atomic mass is 32.2. The number of nitrogens with two attached hydrogens (primary N) is 1. The van der Waals surface area contributed by atoms with Gasteiger partial charge in [-0.3, -0.25) is 15.2 Å². The van der Waals surface area contributed by atoms with Crippen molar-refractivity contribution >= 4 is 21.5 Å². The Labute approximate surface area is 108 Å². The minimum atomic E-state index is -3.88. The van der Waals surface area contributed by atoms with Gasteiger partial charge in [-0.2, -0.15) is 13.5 Å². The zero-order valence-corrected chi connectivity index (χ0v) is 10.3. The second-order valence-electron chi connectivity index (χ2n) is 3.63. The van der Waals surface area contributed by atoms with Crippen LogP contribution in [0.3, 0.4) is 0 Å². The molecule has 1 heterocycles. The third kappa shape index (κ3) is 2.71. The van der Waals surface area contributed by atoms with Crippen molar-refractivity contribution in [3.63, 3.8) is 0 Å². The molecule has 0 aliphatic heterocycles. The van der Waals surface area contributed by atoms with Crippen LogP contribution in [0.25, 0.3) is 0 Å². The fourth-order valence-electron chi connectivity index (χ4n) is 1.42. The van der Waals surface area contributed by atoms with E-state index in [1.807, 2.05) is 0 Å². The standard InChI is InChI=1S/C10H10FN5O2S/c11-6-1-2-8(7(5-6)10(12)13)16-19(17,18)9-3-4-14-15-9/h1-5,16H,(H3,12,13)(H,14,15). The number of halogens is 1. The number of nitrogen functional groups attached to an aromatic ring is 1. The maximum Gasteiger partial charge on any atom is 0.278 e. The number of nitrogens with zero attached hydrogens (tertiary/aromatic N) is 1. The Hall–Kier alpha value is -2.42. The van der Waals surface area contributed by atoms with Crippen molar-refractivity contribution in [3.8, 4) is 0 Å². The minimum Gasteiger partial charge on any atom is -0.384 e. The molecular weight excluding hydrogens is 273 g/mol. The molecule has 2 rings (SSSR count). The molecule has 5 N–H and O–H groups in total. The summed E-state index contributed by atoms with van der Waals surface area (Å²) in [5, 5.41) is 13.0. The number of hydrogen-bond donors (Lipinski definition) is 4. The van der Waals surface area contributed by atoms with E-state index in [0.717, 1.165) is 12.1 Å². The van der Waals surface area contributed by atoms with E-state index in [2.05, 4.69) is 14.9 Å². The summed E-state index contributed by atoms with van der Waals surface area (Å²) in [5.74, 6) is -1.06. The van der Waals surface area contributed by atoms with Gasteiger partial charge >= 0.3 is 0 Å². The molecule has 0 spiro atoms. The van der Waals surface area contributed by atoms with Crippen LogP contribution in [0, 0.1) is 11.2 Å². The van der Waals surface area contributed by atoms with Gasteiger partial charge in [0.2, 0.25) is 0 Å². The first kappa shape index (κ1) is 13.0. The van der Waals surface area contributed by atoms with E-state index in [4.69, 9.17) is 11.1 Å². The summed E-state index contributed by atoms with van der Waals surface area (Å²) >= 11 is 0. The lowest BCUT2D eigenvalue weighted by molar-refractivity contribution is 0.597. The van der Waals surface area contributed by atoms with Crippen LogP contribution in [0.2, 0.25) is 0 Å². The molecule has 0 saturated heterocycles. The number of nitrogens with one attached hydrogen (secondary N) is 3. The number of anilines is 1. The summed E-state index contributed by atoms with van der Waals surface area (Å²) in [5.41, 5.74) is 5.26. The summed E-state index contributed by atoms with van der Waals surface area (Å²) in [6.45, 7) is 0. The summed E-state index contributed by atoms with van der Waals surface area (Å²) in [6.07, 6.45) is 1.28. The quantitative estimate of drug-likeness (QED) is 0.485. The van der Waals surface area contributed by atoms with Gasteiger partial charge in [-0.05, 0) is 24.3 Å². The molecule has 9 heteroatoms. The SMILES string of the molecule is N=C(N)c1cc(F)ccc1NS(=O)(=O)c1ccn[nH]1. The van der Waals surface area contributed by atoms with Crippen LogP contribution < -0.4 is 10.5 Å². The summed E-state index contributed by atoms with van der Waals surface area (Å²) in [4.78, 5) is 0. The van der Waals surface area contributed by atoms with Crippen molar-refractivity contribution < 1.29 is 12.8 Å². The van der Waals surface area contributed by atoms with E-state index in [-0.39, 0.29) is 16.3 Å². The average Bonchev–Trinajstić information content (AvgIpc) is 2.85. The number of aromatic amines is 1. The normalized spacial score (nSPS) is 11.2. The van der Waals surface area contributed by atoms with E-state index in [1.54, 1.807) is 0 Å². The minimum absolute atomic E-state index is 0.0171. The molecule has 100 valence electrons. The average molecular weight is 283 g/mol. The second kappa shape index (κ2) is 4.69. The lowest BCUT2D eigenvalue weighted by atomic mass is 10.1. The van der Waals surface area contributed by atoms with E-state index >= 15 is 0 Å². The van der Waals surface area contributed by atoms with Gasteiger partial charge in [-0.1, -0.05) is 0 Å². The Bertz CT molecular complexity index is 712. The summed E-state index contributed by atoms with van der Waals surface area (Å²) in [6, 6.07) is 4.50. The molecule has 0 atom stereocenters. The third-order valence-electron chi connectivity index (χ3n) is 2.28. The zero-order valence-electron chi connectivity index (χ0n) is 9.51. The topological polar surface area (TPSA) is 125 Å². The number of sulfonamides is 1. The lowest BCUT2D eigenvalue weighted by Gasteiger charge is -2.10. The third-order valence-corrected chi connectivity index (χ3v) is 3.58. The molecule has 7 nitrogen and oxygen atoms in total. The molecule has 0 unspecified atom stereocenters. The first-order chi connectivity index (χ1) is 8.90.